The maximum Gasteiger partial charge on any atom is 0.355 e. The van der Waals surface area contributed by atoms with Crippen molar-refractivity contribution in [2.24, 2.45) is 0 Å². The minimum absolute atomic E-state index is 0.100. The second-order valence-corrected chi connectivity index (χ2v) is 10.9. The van der Waals surface area contributed by atoms with Gasteiger partial charge >= 0.3 is 5.69 Å². The van der Waals surface area contributed by atoms with E-state index in [-0.39, 0.29) is 23.4 Å². The third kappa shape index (κ3) is 4.13. The first-order chi connectivity index (χ1) is 18.3. The molecule has 1 aliphatic carbocycles. The second-order valence-electron chi connectivity index (χ2n) is 10.9. The predicted molar refractivity (Wildman–Crippen MR) is 151 cm³/mol. The number of rotatable bonds is 5. The molecule has 8 heteroatoms. The fraction of sp³-hybridized carbons (Fsp3) is 0.400. The maximum absolute atomic E-state index is 14.0. The Morgan fingerprint density at radius 3 is 2.63 bits per heavy atom. The van der Waals surface area contributed by atoms with Gasteiger partial charge in [0.15, 0.2) is 5.65 Å². The van der Waals surface area contributed by atoms with Crippen LogP contribution >= 0.6 is 0 Å². The largest absolute Gasteiger partial charge is 0.507 e. The molecule has 196 valence electrons. The highest BCUT2D eigenvalue weighted by Crippen LogP contribution is 2.47. The number of fused-ring (bicyclic) bond motifs is 1. The molecule has 4 aromatic rings. The van der Waals surface area contributed by atoms with Crippen LogP contribution in [0, 0.1) is 6.92 Å². The molecule has 4 heterocycles. The van der Waals surface area contributed by atoms with Crippen molar-refractivity contribution >= 4 is 16.9 Å². The summed E-state index contributed by atoms with van der Waals surface area (Å²) in [7, 11) is 0. The Morgan fingerprint density at radius 1 is 1.13 bits per heavy atom. The van der Waals surface area contributed by atoms with Gasteiger partial charge in [-0.15, -0.1) is 0 Å². The fourth-order valence-corrected chi connectivity index (χ4v) is 5.60. The lowest BCUT2D eigenvalue weighted by atomic mass is 9.99. The van der Waals surface area contributed by atoms with Gasteiger partial charge in [-0.25, -0.2) is 14.3 Å². The maximum atomic E-state index is 14.0. The third-order valence-corrected chi connectivity index (χ3v) is 7.75. The van der Waals surface area contributed by atoms with Gasteiger partial charge < -0.3 is 15.3 Å². The second kappa shape index (κ2) is 9.51. The average molecular weight is 511 g/mol. The van der Waals surface area contributed by atoms with Crippen LogP contribution in [0.5, 0.6) is 5.75 Å². The predicted octanol–water partition coefficient (Wildman–Crippen LogP) is 4.66. The zero-order chi connectivity index (χ0) is 26.6. The molecule has 1 saturated carbocycles. The molecule has 0 radical (unpaired) electrons. The monoisotopic (exact) mass is 510 g/mol. The molecule has 0 spiro atoms. The molecule has 0 bridgehead atoms. The summed E-state index contributed by atoms with van der Waals surface area (Å²) in [6, 6.07) is 11.6. The van der Waals surface area contributed by atoms with Crippen LogP contribution in [-0.4, -0.2) is 50.3 Å². The molecule has 1 aromatic carbocycles. The summed E-state index contributed by atoms with van der Waals surface area (Å²) >= 11 is 0. The fourth-order valence-electron chi connectivity index (χ4n) is 5.60. The molecular formula is C30H34N6O2. The van der Waals surface area contributed by atoms with Gasteiger partial charge in [0.1, 0.15) is 11.6 Å². The number of para-hydroxylation sites is 1. The molecule has 2 N–H and O–H groups in total. The Morgan fingerprint density at radius 2 is 1.92 bits per heavy atom. The molecular weight excluding hydrogens is 476 g/mol. The van der Waals surface area contributed by atoms with Crippen LogP contribution in [-0.2, 0) is 0 Å². The van der Waals surface area contributed by atoms with Crippen molar-refractivity contribution in [3.05, 3.63) is 69.9 Å². The van der Waals surface area contributed by atoms with E-state index in [4.69, 9.17) is 9.97 Å². The van der Waals surface area contributed by atoms with Crippen molar-refractivity contribution in [3.63, 3.8) is 0 Å². The number of hydrogen-bond donors (Lipinski definition) is 2. The molecule has 38 heavy (non-hydrogen) atoms. The average Bonchev–Trinajstić information content (AvgIpc) is 3.74. The van der Waals surface area contributed by atoms with Gasteiger partial charge in [0.05, 0.1) is 22.5 Å². The first kappa shape index (κ1) is 24.6. The van der Waals surface area contributed by atoms with Gasteiger partial charge in [-0.05, 0) is 73.9 Å². The summed E-state index contributed by atoms with van der Waals surface area (Å²) in [5.74, 6) is 1.34. The van der Waals surface area contributed by atoms with Gasteiger partial charge in [0.25, 0.3) is 0 Å². The van der Waals surface area contributed by atoms with Gasteiger partial charge in [0, 0.05) is 37.4 Å². The summed E-state index contributed by atoms with van der Waals surface area (Å²) in [5.41, 5.74) is 5.19. The zero-order valence-corrected chi connectivity index (χ0v) is 22.4. The molecule has 2 aliphatic rings. The highest BCUT2D eigenvalue weighted by atomic mass is 16.3. The Hall–Kier alpha value is -3.78. The number of pyridine rings is 2. The van der Waals surface area contributed by atoms with Crippen molar-refractivity contribution in [3.8, 4) is 22.7 Å². The van der Waals surface area contributed by atoms with Crippen LogP contribution < -0.4 is 15.9 Å². The van der Waals surface area contributed by atoms with E-state index in [0.29, 0.717) is 22.9 Å². The van der Waals surface area contributed by atoms with E-state index >= 15 is 0 Å². The Bertz CT molecular complexity index is 1590. The molecule has 2 fully saturated rings. The first-order valence-corrected chi connectivity index (χ1v) is 13.5. The molecule has 3 aromatic heterocycles. The summed E-state index contributed by atoms with van der Waals surface area (Å²) in [6.07, 6.45) is 3.95. The van der Waals surface area contributed by atoms with Crippen molar-refractivity contribution < 1.29 is 5.11 Å². The summed E-state index contributed by atoms with van der Waals surface area (Å²) in [5, 5.41) is 15.1. The quantitative estimate of drug-likeness (QED) is 0.403. The number of benzene rings is 1. The standard InChI is InChI=1S/C30H34N6O2/c1-17(2)25-27(18(3)11-12-32-25)36-29-23(28(34-30(36)38)35-14-13-31-16-19(35)4)15-22(20-9-10-20)26(33-29)21-7-5-6-8-24(21)37/h5-8,11-12,15,17,19-20,31,37H,9-10,13-14,16H2,1-4H3/t19-/m0/s1. The summed E-state index contributed by atoms with van der Waals surface area (Å²) in [6.45, 7) is 10.7. The van der Waals surface area contributed by atoms with E-state index in [1.165, 1.54) is 0 Å². The highest BCUT2D eigenvalue weighted by Gasteiger charge is 2.32. The molecule has 0 unspecified atom stereocenters. The van der Waals surface area contributed by atoms with Crippen molar-refractivity contribution in [2.75, 3.05) is 24.5 Å². The van der Waals surface area contributed by atoms with Crippen molar-refractivity contribution in [1.29, 1.82) is 0 Å². The number of aromatic hydroxyl groups is 1. The Labute approximate surface area is 222 Å². The SMILES string of the molecule is Cc1ccnc(C(C)C)c1-n1c(=O)nc(N2CCNC[C@@H]2C)c2cc(C3CC3)c(-c3ccccc3O)nc21. The van der Waals surface area contributed by atoms with Crippen LogP contribution in [0.4, 0.5) is 5.82 Å². The number of aryl methyl sites for hydroxylation is 1. The van der Waals surface area contributed by atoms with E-state index in [2.05, 4.69) is 42.0 Å². The van der Waals surface area contributed by atoms with Gasteiger partial charge in [-0.2, -0.15) is 4.98 Å². The van der Waals surface area contributed by atoms with Crippen LogP contribution in [0.15, 0.2) is 47.4 Å². The molecule has 6 rings (SSSR count). The van der Waals surface area contributed by atoms with E-state index in [1.807, 2.05) is 31.2 Å². The normalized spacial score (nSPS) is 17.9. The number of anilines is 1. The van der Waals surface area contributed by atoms with E-state index in [1.54, 1.807) is 16.8 Å². The van der Waals surface area contributed by atoms with E-state index in [0.717, 1.165) is 66.1 Å². The number of hydrogen-bond acceptors (Lipinski definition) is 7. The van der Waals surface area contributed by atoms with Crippen molar-refractivity contribution in [2.45, 2.75) is 58.4 Å². The van der Waals surface area contributed by atoms with E-state index < -0.39 is 0 Å². The third-order valence-electron chi connectivity index (χ3n) is 7.75. The Balaban J connectivity index is 1.74. The van der Waals surface area contributed by atoms with Gasteiger partial charge in [-0.3, -0.25) is 4.98 Å². The summed E-state index contributed by atoms with van der Waals surface area (Å²) in [4.78, 5) is 30.8. The number of aromatic nitrogens is 4. The van der Waals surface area contributed by atoms with E-state index in [9.17, 15) is 9.90 Å². The molecule has 1 saturated heterocycles. The number of phenols is 1. The lowest BCUT2D eigenvalue weighted by Crippen LogP contribution is -2.50. The van der Waals surface area contributed by atoms with Gasteiger partial charge in [-0.1, -0.05) is 26.0 Å². The minimum atomic E-state index is -0.369. The van der Waals surface area contributed by atoms with Crippen LogP contribution in [0.25, 0.3) is 28.0 Å². The topological polar surface area (TPSA) is 96.2 Å². The highest BCUT2D eigenvalue weighted by molar-refractivity contribution is 5.92. The number of nitrogens with zero attached hydrogens (tertiary/aromatic N) is 5. The van der Waals surface area contributed by atoms with Gasteiger partial charge in [0.2, 0.25) is 0 Å². The lowest BCUT2D eigenvalue weighted by Gasteiger charge is -2.35. The lowest BCUT2D eigenvalue weighted by molar-refractivity contribution is 0.477. The number of phenolic OH excluding ortho intramolecular Hbond substituents is 1. The number of piperazine rings is 1. The van der Waals surface area contributed by atoms with Crippen molar-refractivity contribution in [1.82, 2.24) is 24.8 Å². The molecule has 8 nitrogen and oxygen atoms in total. The molecule has 1 atom stereocenters. The first-order valence-electron chi connectivity index (χ1n) is 13.5. The smallest absolute Gasteiger partial charge is 0.355 e. The molecule has 0 amide bonds. The zero-order valence-electron chi connectivity index (χ0n) is 22.4. The summed E-state index contributed by atoms with van der Waals surface area (Å²) < 4.78 is 1.64. The number of nitrogens with one attached hydrogen (secondary N) is 1. The molecule has 1 aliphatic heterocycles. The minimum Gasteiger partial charge on any atom is -0.507 e. The Kier molecular flexibility index (Phi) is 6.14. The van der Waals surface area contributed by atoms with Crippen LogP contribution in [0.1, 0.15) is 62.3 Å². The van der Waals surface area contributed by atoms with Crippen LogP contribution in [0.2, 0.25) is 0 Å². The van der Waals surface area contributed by atoms with Crippen LogP contribution in [0.3, 0.4) is 0 Å².